The van der Waals surface area contributed by atoms with E-state index in [0.29, 0.717) is 5.92 Å². The van der Waals surface area contributed by atoms with Crippen LogP contribution < -0.4 is 4.74 Å². The van der Waals surface area contributed by atoms with Gasteiger partial charge >= 0.3 is 0 Å². The minimum atomic E-state index is 0.658. The van der Waals surface area contributed by atoms with Crippen LogP contribution in [0.15, 0.2) is 42.5 Å². The lowest BCUT2D eigenvalue weighted by molar-refractivity contribution is 0.222. The Morgan fingerprint density at radius 3 is 2.79 bits per heavy atom. The van der Waals surface area contributed by atoms with Gasteiger partial charge in [-0.1, -0.05) is 35.9 Å². The van der Waals surface area contributed by atoms with Crippen LogP contribution in [0.4, 0.5) is 0 Å². The Morgan fingerprint density at radius 1 is 1.10 bits per heavy atom. The first-order chi connectivity index (χ1) is 14.1. The molecule has 29 heavy (non-hydrogen) atoms. The third kappa shape index (κ3) is 3.34. The van der Waals surface area contributed by atoms with Gasteiger partial charge in [-0.15, -0.1) is 0 Å². The van der Waals surface area contributed by atoms with Crippen LogP contribution in [-0.2, 0) is 25.9 Å². The van der Waals surface area contributed by atoms with E-state index in [1.165, 1.54) is 34.5 Å². The molecule has 150 valence electrons. The van der Waals surface area contributed by atoms with Crippen molar-refractivity contribution in [2.45, 2.75) is 39.3 Å². The van der Waals surface area contributed by atoms with Crippen LogP contribution in [0.25, 0.3) is 5.69 Å². The first-order valence-corrected chi connectivity index (χ1v) is 10.7. The first kappa shape index (κ1) is 18.7. The first-order valence-electron chi connectivity index (χ1n) is 10.3. The molecule has 0 spiro atoms. The highest BCUT2D eigenvalue weighted by Crippen LogP contribution is 2.34. The Balaban J connectivity index is 1.33. The van der Waals surface area contributed by atoms with E-state index in [9.17, 15) is 0 Å². The zero-order chi connectivity index (χ0) is 20.0. The number of aryl methyl sites for hydroxylation is 1. The number of fused-ring (bicyclic) bond motifs is 2. The molecule has 5 heteroatoms. The number of halogens is 1. The normalized spacial score (nSPS) is 18.5. The van der Waals surface area contributed by atoms with Crippen LogP contribution in [0, 0.1) is 12.8 Å². The standard InChI is InChI=1S/C24H26ClN3O/c1-16-19-12-17(13-27-14-18-6-5-9-24(29-2)20(18)15-27)10-11-22(19)26-28(16)23-8-4-3-7-21(23)25/h3-9,17H,10-15H2,1-2H3. The molecule has 0 fully saturated rings. The predicted octanol–water partition coefficient (Wildman–Crippen LogP) is 4.96. The molecule has 2 aliphatic rings. The Labute approximate surface area is 177 Å². The van der Waals surface area contributed by atoms with Gasteiger partial charge in [0.25, 0.3) is 0 Å². The van der Waals surface area contributed by atoms with Crippen molar-refractivity contribution in [2.75, 3.05) is 13.7 Å². The third-order valence-corrected chi connectivity index (χ3v) is 6.75. The maximum atomic E-state index is 6.43. The van der Waals surface area contributed by atoms with Crippen LogP contribution in [0.5, 0.6) is 5.75 Å². The lowest BCUT2D eigenvalue weighted by Gasteiger charge is -2.26. The molecule has 0 saturated heterocycles. The van der Waals surface area contributed by atoms with E-state index >= 15 is 0 Å². The summed E-state index contributed by atoms with van der Waals surface area (Å²) in [7, 11) is 1.76. The summed E-state index contributed by atoms with van der Waals surface area (Å²) in [4.78, 5) is 2.57. The monoisotopic (exact) mass is 407 g/mol. The molecule has 1 unspecified atom stereocenters. The quantitative estimate of drug-likeness (QED) is 0.612. The fourth-order valence-electron chi connectivity index (χ4n) is 4.95. The van der Waals surface area contributed by atoms with Crippen molar-refractivity contribution in [3.63, 3.8) is 0 Å². The molecule has 5 rings (SSSR count). The van der Waals surface area contributed by atoms with E-state index in [0.717, 1.165) is 48.9 Å². The molecule has 1 aromatic heterocycles. The molecule has 4 nitrogen and oxygen atoms in total. The molecular weight excluding hydrogens is 382 g/mol. The van der Waals surface area contributed by atoms with Crippen molar-refractivity contribution in [3.05, 3.63) is 75.6 Å². The molecule has 2 heterocycles. The molecule has 2 aromatic carbocycles. The van der Waals surface area contributed by atoms with Gasteiger partial charge in [-0.25, -0.2) is 4.68 Å². The number of benzene rings is 2. The van der Waals surface area contributed by atoms with Crippen LogP contribution in [0.1, 0.15) is 34.5 Å². The van der Waals surface area contributed by atoms with Gasteiger partial charge in [-0.05, 0) is 61.4 Å². The average Bonchev–Trinajstić information content (AvgIpc) is 3.29. The highest BCUT2D eigenvalue weighted by molar-refractivity contribution is 6.32. The maximum absolute atomic E-state index is 6.43. The van der Waals surface area contributed by atoms with E-state index in [4.69, 9.17) is 21.4 Å². The summed E-state index contributed by atoms with van der Waals surface area (Å²) in [5.74, 6) is 1.68. The zero-order valence-electron chi connectivity index (χ0n) is 17.0. The van der Waals surface area contributed by atoms with Gasteiger partial charge in [0, 0.05) is 30.9 Å². The van der Waals surface area contributed by atoms with Crippen LogP contribution in [0.2, 0.25) is 5.02 Å². The molecule has 3 aromatic rings. The average molecular weight is 408 g/mol. The fourth-order valence-corrected chi connectivity index (χ4v) is 5.16. The van der Waals surface area contributed by atoms with Crippen molar-refractivity contribution in [2.24, 2.45) is 5.92 Å². The molecule has 0 bridgehead atoms. The Morgan fingerprint density at radius 2 is 1.97 bits per heavy atom. The summed E-state index contributed by atoms with van der Waals surface area (Å²) in [6.07, 6.45) is 3.33. The number of ether oxygens (including phenoxy) is 1. The van der Waals surface area contributed by atoms with Gasteiger partial charge in [0.1, 0.15) is 5.75 Å². The van der Waals surface area contributed by atoms with Crippen LogP contribution in [0.3, 0.4) is 0 Å². The van der Waals surface area contributed by atoms with Gasteiger partial charge in [0.2, 0.25) is 0 Å². The van der Waals surface area contributed by atoms with Gasteiger partial charge in [-0.3, -0.25) is 4.90 Å². The highest BCUT2D eigenvalue weighted by Gasteiger charge is 2.29. The zero-order valence-corrected chi connectivity index (χ0v) is 17.7. The highest BCUT2D eigenvalue weighted by atomic mass is 35.5. The number of hydrogen-bond donors (Lipinski definition) is 0. The minimum Gasteiger partial charge on any atom is -0.496 e. The number of para-hydroxylation sites is 1. The summed E-state index contributed by atoms with van der Waals surface area (Å²) >= 11 is 6.43. The Hall–Kier alpha value is -2.30. The number of hydrogen-bond acceptors (Lipinski definition) is 3. The van der Waals surface area contributed by atoms with Crippen LogP contribution >= 0.6 is 11.6 Å². The Bertz CT molecular complexity index is 1060. The summed E-state index contributed by atoms with van der Waals surface area (Å²) in [5, 5.41) is 5.65. The van der Waals surface area contributed by atoms with Crippen molar-refractivity contribution >= 4 is 11.6 Å². The second-order valence-corrected chi connectivity index (χ2v) is 8.66. The second-order valence-electron chi connectivity index (χ2n) is 8.25. The molecule has 1 aliphatic carbocycles. The number of methoxy groups -OCH3 is 1. The van der Waals surface area contributed by atoms with Crippen molar-refractivity contribution < 1.29 is 4.74 Å². The largest absolute Gasteiger partial charge is 0.496 e. The number of aromatic nitrogens is 2. The van der Waals surface area contributed by atoms with E-state index in [2.05, 4.69) is 30.0 Å². The lowest BCUT2D eigenvalue weighted by atomic mass is 9.86. The van der Waals surface area contributed by atoms with E-state index in [1.807, 2.05) is 28.9 Å². The van der Waals surface area contributed by atoms with Gasteiger partial charge in [0.05, 0.1) is 23.5 Å². The fraction of sp³-hybridized carbons (Fsp3) is 0.375. The van der Waals surface area contributed by atoms with Gasteiger partial charge in [0.15, 0.2) is 0 Å². The smallest absolute Gasteiger partial charge is 0.123 e. The second kappa shape index (κ2) is 7.51. The summed E-state index contributed by atoms with van der Waals surface area (Å²) in [6.45, 7) is 5.30. The van der Waals surface area contributed by atoms with Gasteiger partial charge in [-0.2, -0.15) is 5.10 Å². The molecule has 1 atom stereocenters. The topological polar surface area (TPSA) is 30.3 Å². The maximum Gasteiger partial charge on any atom is 0.123 e. The van der Waals surface area contributed by atoms with Crippen molar-refractivity contribution in [1.29, 1.82) is 0 Å². The summed E-state index contributed by atoms with van der Waals surface area (Å²) < 4.78 is 7.60. The molecule has 0 radical (unpaired) electrons. The summed E-state index contributed by atoms with van der Waals surface area (Å²) in [5.41, 5.74) is 7.61. The third-order valence-electron chi connectivity index (χ3n) is 6.43. The molecule has 0 N–H and O–H groups in total. The van der Waals surface area contributed by atoms with Gasteiger partial charge < -0.3 is 4.74 Å². The van der Waals surface area contributed by atoms with E-state index in [1.54, 1.807) is 7.11 Å². The minimum absolute atomic E-state index is 0.658. The predicted molar refractivity (Wildman–Crippen MR) is 116 cm³/mol. The van der Waals surface area contributed by atoms with E-state index in [-0.39, 0.29) is 0 Å². The molecular formula is C24H26ClN3O. The SMILES string of the molecule is COc1cccc2c1CN(CC1CCc3nn(-c4ccccc4Cl)c(C)c3C1)C2. The molecule has 1 aliphatic heterocycles. The van der Waals surface area contributed by atoms with E-state index < -0.39 is 0 Å². The summed E-state index contributed by atoms with van der Waals surface area (Å²) in [6, 6.07) is 14.4. The lowest BCUT2D eigenvalue weighted by Crippen LogP contribution is -2.28. The van der Waals surface area contributed by atoms with Crippen molar-refractivity contribution in [3.8, 4) is 11.4 Å². The number of nitrogens with zero attached hydrogens (tertiary/aromatic N) is 3. The number of rotatable bonds is 4. The van der Waals surface area contributed by atoms with Crippen molar-refractivity contribution in [1.82, 2.24) is 14.7 Å². The molecule has 0 amide bonds. The van der Waals surface area contributed by atoms with Crippen LogP contribution in [-0.4, -0.2) is 28.3 Å². The Kier molecular flexibility index (Phi) is 4.84. The molecule has 0 saturated carbocycles.